The first-order chi connectivity index (χ1) is 25.4. The highest BCUT2D eigenvalue weighted by molar-refractivity contribution is 7.63. The van der Waals surface area contributed by atoms with Crippen molar-refractivity contribution in [1.29, 1.82) is 0 Å². The number of hydroxylamine groups is 2. The number of piperidine rings is 1. The van der Waals surface area contributed by atoms with Crippen molar-refractivity contribution in [1.82, 2.24) is 5.06 Å². The number of allylic oxidation sites excluding steroid dienone is 2. The van der Waals surface area contributed by atoms with Crippen molar-refractivity contribution in [2.75, 3.05) is 0 Å². The molecular weight excluding hydrogens is 681 g/mol. The van der Waals surface area contributed by atoms with Crippen LogP contribution in [-0.4, -0.2) is 28.2 Å². The summed E-state index contributed by atoms with van der Waals surface area (Å²) in [4.78, 5) is 12.7. The zero-order chi connectivity index (χ0) is 37.9. The van der Waals surface area contributed by atoms with Crippen molar-refractivity contribution in [3.63, 3.8) is 0 Å². The fourth-order valence-electron chi connectivity index (χ4n) is 7.51. The van der Waals surface area contributed by atoms with Gasteiger partial charge in [-0.1, -0.05) is 97.9 Å². The van der Waals surface area contributed by atoms with Crippen LogP contribution < -0.4 is 14.4 Å². The lowest BCUT2D eigenvalue weighted by Crippen LogP contribution is -2.60. The van der Waals surface area contributed by atoms with Gasteiger partial charge in [-0.15, -0.1) is 10.3 Å². The molecule has 1 saturated heterocycles. The largest absolute Gasteiger partial charge is 0.462 e. The number of nitrogens with zero attached hydrogens (tertiary/aromatic N) is 1. The van der Waals surface area contributed by atoms with E-state index in [1.165, 1.54) is 11.1 Å². The van der Waals surface area contributed by atoms with Crippen molar-refractivity contribution in [2.24, 2.45) is 0 Å². The number of rotatable bonds is 17. The van der Waals surface area contributed by atoms with Crippen LogP contribution in [0.15, 0.2) is 127 Å². The van der Waals surface area contributed by atoms with Gasteiger partial charge in [-0.25, -0.2) is 4.57 Å². The Morgan fingerprint density at radius 1 is 0.755 bits per heavy atom. The second-order valence-electron chi connectivity index (χ2n) is 15.4. The van der Waals surface area contributed by atoms with E-state index in [0.717, 1.165) is 30.7 Å². The first-order valence-corrected chi connectivity index (χ1v) is 20.5. The van der Waals surface area contributed by atoms with Crippen molar-refractivity contribution in [3.8, 4) is 11.5 Å². The van der Waals surface area contributed by atoms with Crippen LogP contribution in [0.25, 0.3) is 0 Å². The summed E-state index contributed by atoms with van der Waals surface area (Å²) >= 11 is 0. The molecule has 1 radical (unpaired) electrons. The van der Waals surface area contributed by atoms with E-state index in [1.54, 1.807) is 24.3 Å². The van der Waals surface area contributed by atoms with Crippen LogP contribution in [0.1, 0.15) is 109 Å². The highest BCUT2D eigenvalue weighted by atomic mass is 31.2. The number of hydrogen-bond donors (Lipinski definition) is 0. The number of para-hydroxylation sites is 2. The number of hydrogen-bond acceptors (Lipinski definition) is 6. The van der Waals surface area contributed by atoms with Crippen LogP contribution in [0.3, 0.4) is 0 Å². The number of carbonyl (C=O) groups excluding carboxylic acids is 1. The van der Waals surface area contributed by atoms with E-state index in [2.05, 4.69) is 55.5 Å². The number of unbranched alkanes of at least 4 members (excludes halogenated alkanes) is 1. The van der Waals surface area contributed by atoms with Crippen molar-refractivity contribution >= 4 is 18.9 Å². The molecule has 0 aliphatic carbocycles. The van der Waals surface area contributed by atoms with Crippen LogP contribution in [0.5, 0.6) is 11.5 Å². The number of ether oxygens (including phenoxy) is 1. The number of esters is 1. The number of carbonyl (C=O) groups is 1. The summed E-state index contributed by atoms with van der Waals surface area (Å²) in [5.74, 6) is 1.35. The van der Waals surface area contributed by atoms with Crippen LogP contribution in [-0.2, 0) is 19.3 Å². The number of benzene rings is 4. The fourth-order valence-corrected chi connectivity index (χ4v) is 9.07. The minimum Gasteiger partial charge on any atom is -0.462 e. The lowest BCUT2D eigenvalue weighted by atomic mass is 9.80. The third-order valence-electron chi connectivity index (χ3n) is 10.1. The monoisotopic (exact) mass is 736 g/mol. The highest BCUT2D eigenvalue weighted by Crippen LogP contribution is 2.48. The third-order valence-corrected chi connectivity index (χ3v) is 12.0. The SMILES string of the molecule is CCC(CC(C/C=C/CCCC(=O)OC1CC(C)(C)N([O])C(C)(C)C1)c1ccccc1)c1ccc(P(=O)(Oc2ccccc2)Oc2ccccc2)cc1. The Bertz CT molecular complexity index is 1730. The molecule has 0 aromatic heterocycles. The van der Waals surface area contributed by atoms with Crippen molar-refractivity contribution < 1.29 is 28.4 Å². The Morgan fingerprint density at radius 3 is 1.79 bits per heavy atom. The molecular formula is C45H55NO6P. The molecule has 0 spiro atoms. The molecule has 7 nitrogen and oxygen atoms in total. The van der Waals surface area contributed by atoms with E-state index >= 15 is 0 Å². The van der Waals surface area contributed by atoms with Crippen molar-refractivity contribution in [3.05, 3.63) is 139 Å². The van der Waals surface area contributed by atoms with Gasteiger partial charge in [-0.3, -0.25) is 4.79 Å². The summed E-state index contributed by atoms with van der Waals surface area (Å²) in [5.41, 5.74) is 1.34. The summed E-state index contributed by atoms with van der Waals surface area (Å²) in [7, 11) is -3.75. The Labute approximate surface area is 316 Å². The van der Waals surface area contributed by atoms with Crippen LogP contribution >= 0.6 is 7.60 Å². The topological polar surface area (TPSA) is 85.0 Å². The van der Waals surface area contributed by atoms with Gasteiger partial charge in [0.2, 0.25) is 0 Å². The Kier molecular flexibility index (Phi) is 13.8. The zero-order valence-electron chi connectivity index (χ0n) is 31.9. The lowest BCUT2D eigenvalue weighted by molar-refractivity contribution is -0.299. The maximum Gasteiger partial charge on any atom is 0.462 e. The Balaban J connectivity index is 1.20. The Morgan fingerprint density at radius 2 is 1.26 bits per heavy atom. The summed E-state index contributed by atoms with van der Waals surface area (Å²) in [5, 5.41) is 14.3. The predicted molar refractivity (Wildman–Crippen MR) is 212 cm³/mol. The fraction of sp³-hybridized carbons (Fsp3) is 0.400. The van der Waals surface area contributed by atoms with E-state index in [-0.39, 0.29) is 18.0 Å². The molecule has 0 bridgehead atoms. The normalized spacial score (nSPS) is 17.2. The minimum absolute atomic E-state index is 0.192. The second kappa shape index (κ2) is 18.2. The first kappa shape index (κ1) is 40.0. The van der Waals surface area contributed by atoms with Gasteiger partial charge in [0.15, 0.2) is 0 Å². The molecule has 0 saturated carbocycles. The lowest BCUT2D eigenvalue weighted by Gasteiger charge is -2.49. The minimum atomic E-state index is -3.75. The molecule has 1 heterocycles. The molecule has 4 aromatic rings. The molecule has 1 fully saturated rings. The van der Waals surface area contributed by atoms with Crippen LogP contribution in [0, 0.1) is 0 Å². The van der Waals surface area contributed by atoms with Gasteiger partial charge in [-0.2, -0.15) is 0 Å². The van der Waals surface area contributed by atoms with Gasteiger partial charge in [0.05, 0.1) is 5.30 Å². The highest BCUT2D eigenvalue weighted by Gasteiger charge is 2.47. The zero-order valence-corrected chi connectivity index (χ0v) is 32.8. The third kappa shape index (κ3) is 11.2. The smallest absolute Gasteiger partial charge is 0.462 e. The average molecular weight is 737 g/mol. The summed E-state index contributed by atoms with van der Waals surface area (Å²) in [6.07, 6.45) is 9.92. The van der Waals surface area contributed by atoms with Crippen LogP contribution in [0.4, 0.5) is 0 Å². The first-order valence-electron chi connectivity index (χ1n) is 19.0. The standard InChI is InChI=1S/C45H55NO6P/c1-6-35(37-28-30-42(31-29-37)53(49,51-39-23-15-10-16-24-39)52-40-25-17-11-18-26-40)32-38(36-20-13-9-14-21-36)22-12-7-8-19-27-43(47)50-41-33-44(2,3)46(48)45(4,5)34-41/h7,9-18,20-21,23-26,28-31,35,38,41H,6,8,19,22,27,32-34H2,1-5H3/b12-7+. The molecule has 2 atom stereocenters. The average Bonchev–Trinajstić information content (AvgIpc) is 3.14. The molecule has 4 aromatic carbocycles. The van der Waals surface area contributed by atoms with Gasteiger partial charge in [0.25, 0.3) is 0 Å². The predicted octanol–water partition coefficient (Wildman–Crippen LogP) is 11.4. The second-order valence-corrected chi connectivity index (χ2v) is 17.3. The molecule has 1 aliphatic heterocycles. The molecule has 0 N–H and O–H groups in total. The van der Waals surface area contributed by atoms with Gasteiger partial charge in [-0.05, 0) is 119 Å². The van der Waals surface area contributed by atoms with Gasteiger partial charge in [0.1, 0.15) is 17.6 Å². The Hall–Kier alpha value is -4.16. The summed E-state index contributed by atoms with van der Waals surface area (Å²) in [6, 6.07) is 36.7. The van der Waals surface area contributed by atoms with Gasteiger partial charge < -0.3 is 13.8 Å². The molecule has 5 rings (SSSR count). The molecule has 2 unspecified atom stereocenters. The summed E-state index contributed by atoms with van der Waals surface area (Å²) < 4.78 is 32.3. The van der Waals surface area contributed by atoms with E-state index < -0.39 is 18.7 Å². The van der Waals surface area contributed by atoms with Crippen molar-refractivity contribution in [2.45, 2.75) is 115 Å². The maximum atomic E-state index is 14.4. The molecule has 8 heteroatoms. The van der Waals surface area contributed by atoms with Crippen LogP contribution in [0.2, 0.25) is 0 Å². The van der Waals surface area contributed by atoms with E-state index in [4.69, 9.17) is 13.8 Å². The summed E-state index contributed by atoms with van der Waals surface area (Å²) in [6.45, 7) is 9.87. The van der Waals surface area contributed by atoms with E-state index in [9.17, 15) is 14.6 Å². The van der Waals surface area contributed by atoms with Gasteiger partial charge in [0, 0.05) is 30.3 Å². The van der Waals surface area contributed by atoms with E-state index in [0.29, 0.717) is 48.4 Å². The van der Waals surface area contributed by atoms with Gasteiger partial charge >= 0.3 is 13.6 Å². The molecule has 0 amide bonds. The molecule has 53 heavy (non-hydrogen) atoms. The molecule has 281 valence electrons. The quantitative estimate of drug-likeness (QED) is 0.0464. The molecule has 1 aliphatic rings. The maximum absolute atomic E-state index is 14.4. The van der Waals surface area contributed by atoms with E-state index in [1.807, 2.05) is 82.3 Å².